The third-order valence-electron chi connectivity index (χ3n) is 4.89. The van der Waals surface area contributed by atoms with Gasteiger partial charge >= 0.3 is 209 Å². The maximum atomic E-state index is 12.3. The van der Waals surface area contributed by atoms with Crippen LogP contribution in [0, 0.1) is 0 Å². The number of nitrogens with one attached hydrogen (secondary N) is 3. The van der Waals surface area contributed by atoms with Crippen molar-refractivity contribution >= 4 is 44.7 Å². The zero-order valence-corrected chi connectivity index (χ0v) is 21.2. The van der Waals surface area contributed by atoms with Gasteiger partial charge in [-0.25, -0.2) is 0 Å². The van der Waals surface area contributed by atoms with E-state index in [1.54, 1.807) is 14.0 Å². The van der Waals surface area contributed by atoms with Gasteiger partial charge in [-0.1, -0.05) is 0 Å². The number of carbonyl (C=O) groups is 5. The van der Waals surface area contributed by atoms with Crippen LogP contribution in [0.5, 0.6) is 0 Å². The predicted molar refractivity (Wildman–Crippen MR) is 133 cm³/mol. The molecule has 0 aliphatic rings. The van der Waals surface area contributed by atoms with Crippen LogP contribution in [0.25, 0.3) is 0 Å². The van der Waals surface area contributed by atoms with Gasteiger partial charge in [0.2, 0.25) is 0 Å². The summed E-state index contributed by atoms with van der Waals surface area (Å²) in [6, 6.07) is -0.570. The number of Topliss-reactive ketones (excluding diaryl/α,β-unsaturated/α-hetero) is 1. The van der Waals surface area contributed by atoms with E-state index < -0.39 is 5.91 Å². The van der Waals surface area contributed by atoms with Gasteiger partial charge in [0.05, 0.1) is 0 Å². The minimum atomic E-state index is -0.392. The van der Waals surface area contributed by atoms with Crippen LogP contribution in [0.2, 0.25) is 0 Å². The van der Waals surface area contributed by atoms with Gasteiger partial charge in [-0.05, 0) is 0 Å². The molecule has 12 nitrogen and oxygen atoms in total. The molecule has 35 heavy (non-hydrogen) atoms. The molecule has 3 N–H and O–H groups in total. The Balaban J connectivity index is 4.48. The molecule has 0 saturated carbocycles. The summed E-state index contributed by atoms with van der Waals surface area (Å²) in [6.07, 6.45) is 1.31. The van der Waals surface area contributed by atoms with Gasteiger partial charge in [0.1, 0.15) is 0 Å². The van der Waals surface area contributed by atoms with Crippen molar-refractivity contribution in [3.05, 3.63) is 0 Å². The molecule has 2 atom stereocenters. The van der Waals surface area contributed by atoms with E-state index in [1.165, 1.54) is 16.7 Å². The van der Waals surface area contributed by atoms with E-state index in [2.05, 4.69) is 25.7 Å². The second-order valence-corrected chi connectivity index (χ2v) is 8.41. The molecule has 0 heterocycles. The van der Waals surface area contributed by atoms with Crippen molar-refractivity contribution in [3.8, 4) is 0 Å². The Morgan fingerprint density at radius 2 is 1.43 bits per heavy atom. The second-order valence-electron chi connectivity index (χ2n) is 8.41. The Morgan fingerprint density at radius 1 is 0.857 bits per heavy atom. The van der Waals surface area contributed by atoms with Gasteiger partial charge < -0.3 is 0 Å². The molecule has 0 aliphatic heterocycles. The number of hydrogen-bond donors (Lipinski definition) is 3. The number of nitrogens with zero attached hydrogens (tertiary/aromatic N) is 4. The summed E-state index contributed by atoms with van der Waals surface area (Å²) in [6.45, 7) is 5.35. The quantitative estimate of drug-likeness (QED) is 0.185. The van der Waals surface area contributed by atoms with Crippen LogP contribution >= 0.6 is 0 Å². The summed E-state index contributed by atoms with van der Waals surface area (Å²) >= 11 is 0. The summed E-state index contributed by atoms with van der Waals surface area (Å²) in [5, 5.41) is 8.55. The molecule has 0 bridgehead atoms. The van der Waals surface area contributed by atoms with E-state index in [1.807, 2.05) is 6.92 Å². The molecule has 0 saturated heterocycles. The molecule has 0 spiro atoms. The SMILES string of the molecule is [B]=NCC(=O)N(CCNC)CC(=O)NC(C)CCCC(=O)NC(C)CN(CC(C)=O)C(=O)CN=[B]. The van der Waals surface area contributed by atoms with Gasteiger partial charge in [0, 0.05) is 0 Å². The van der Waals surface area contributed by atoms with Crippen LogP contribution in [-0.4, -0.2) is 119 Å². The van der Waals surface area contributed by atoms with E-state index in [0.29, 0.717) is 25.9 Å². The van der Waals surface area contributed by atoms with Crippen molar-refractivity contribution in [2.75, 3.05) is 52.9 Å². The molecule has 0 aromatic carbocycles. The summed E-state index contributed by atoms with van der Waals surface area (Å²) < 4.78 is 0. The third kappa shape index (κ3) is 15.7. The number of amides is 4. The van der Waals surface area contributed by atoms with E-state index in [-0.39, 0.29) is 74.7 Å². The van der Waals surface area contributed by atoms with Crippen LogP contribution in [0.1, 0.15) is 40.0 Å². The van der Waals surface area contributed by atoms with E-state index in [9.17, 15) is 24.0 Å². The van der Waals surface area contributed by atoms with E-state index in [4.69, 9.17) is 15.3 Å². The first-order chi connectivity index (χ1) is 16.5. The van der Waals surface area contributed by atoms with Gasteiger partial charge in [0.15, 0.2) is 0 Å². The zero-order chi connectivity index (χ0) is 26.8. The Hall–Kier alpha value is -2.76. The number of rotatable bonds is 19. The predicted octanol–water partition coefficient (Wildman–Crippen LogP) is -1.66. The molecule has 0 fully saturated rings. The van der Waals surface area contributed by atoms with E-state index in [0.717, 1.165) is 0 Å². The number of hydrogen-bond acceptors (Lipinski definition) is 8. The number of ketones is 1. The Morgan fingerprint density at radius 3 is 1.97 bits per heavy atom. The second kappa shape index (κ2) is 18.6. The van der Waals surface area contributed by atoms with Crippen molar-refractivity contribution in [2.24, 2.45) is 9.79 Å². The molecular formula is C21H37B2N7O5. The first-order valence-corrected chi connectivity index (χ1v) is 11.6. The Labute approximate surface area is 209 Å². The van der Waals surface area contributed by atoms with E-state index >= 15 is 0 Å². The summed E-state index contributed by atoms with van der Waals surface area (Å²) in [5.74, 6) is -1.43. The molecule has 0 aliphatic carbocycles. The molecule has 14 heteroatoms. The summed E-state index contributed by atoms with van der Waals surface area (Å²) in [5.41, 5.74) is 0. The average Bonchev–Trinajstić information content (AvgIpc) is 2.75. The molecular weight excluding hydrogens is 452 g/mol. The van der Waals surface area contributed by atoms with Crippen LogP contribution < -0.4 is 16.0 Å². The zero-order valence-electron chi connectivity index (χ0n) is 21.2. The summed E-state index contributed by atoms with van der Waals surface area (Å²) in [7, 11) is 11.9. The molecule has 0 aromatic rings. The molecule has 192 valence electrons. The van der Waals surface area contributed by atoms with Crippen LogP contribution in [0.3, 0.4) is 0 Å². The molecule has 0 aromatic heterocycles. The van der Waals surface area contributed by atoms with Crippen LogP contribution in [-0.2, 0) is 24.0 Å². The minimum absolute atomic E-state index is 0.0786. The molecule has 4 amide bonds. The fourth-order valence-corrected chi connectivity index (χ4v) is 3.28. The van der Waals surface area contributed by atoms with Crippen molar-refractivity contribution < 1.29 is 24.0 Å². The molecule has 2 radical (unpaired) electrons. The van der Waals surface area contributed by atoms with Gasteiger partial charge in [-0.3, -0.25) is 0 Å². The first kappa shape index (κ1) is 32.2. The topological polar surface area (TPSA) is 153 Å². The third-order valence-corrected chi connectivity index (χ3v) is 4.89. The number of likely N-dealkylation sites (N-methyl/N-ethyl adjacent to an activating group) is 1. The molecule has 2 unspecified atom stereocenters. The fourth-order valence-electron chi connectivity index (χ4n) is 3.28. The Kier molecular flexibility index (Phi) is 17.1. The normalized spacial score (nSPS) is 12.1. The van der Waals surface area contributed by atoms with Crippen molar-refractivity contribution in [3.63, 3.8) is 0 Å². The van der Waals surface area contributed by atoms with Gasteiger partial charge in [0.25, 0.3) is 0 Å². The standard InChI is InChI=1S/C21H37B2N7O5/c1-15(27-19(33)14-29(9-8-24-4)20(34)10-25-22)6-5-7-18(32)28-16(2)12-30(13-17(3)31)21(35)11-26-23/h15-16,24H,5-14H2,1-4H3,(H,27,33)(H,28,32). The Bertz CT molecular complexity index is 754. The van der Waals surface area contributed by atoms with Crippen molar-refractivity contribution in [2.45, 2.75) is 52.1 Å². The summed E-state index contributed by atoms with van der Waals surface area (Å²) in [4.78, 5) is 69.4. The fraction of sp³-hybridized carbons (Fsp3) is 0.762. The maximum absolute atomic E-state index is 12.3. The van der Waals surface area contributed by atoms with Crippen LogP contribution in [0.15, 0.2) is 9.79 Å². The van der Waals surface area contributed by atoms with Crippen molar-refractivity contribution in [1.82, 2.24) is 25.8 Å². The van der Waals surface area contributed by atoms with Crippen molar-refractivity contribution in [1.29, 1.82) is 0 Å². The van der Waals surface area contributed by atoms with Crippen LogP contribution in [0.4, 0.5) is 0 Å². The monoisotopic (exact) mass is 489 g/mol. The molecule has 0 rings (SSSR count). The first-order valence-electron chi connectivity index (χ1n) is 11.6. The average molecular weight is 489 g/mol. The van der Waals surface area contributed by atoms with Gasteiger partial charge in [-0.15, -0.1) is 0 Å². The number of carbonyl (C=O) groups excluding carboxylic acids is 5. The van der Waals surface area contributed by atoms with Gasteiger partial charge in [-0.2, -0.15) is 0 Å².